The Morgan fingerprint density at radius 3 is 2.88 bits per heavy atom. The van der Waals surface area contributed by atoms with Crippen molar-refractivity contribution in [2.45, 2.75) is 25.3 Å². The molecule has 4 heteroatoms. The maximum absolute atomic E-state index is 5.46. The van der Waals surface area contributed by atoms with E-state index in [0.717, 1.165) is 19.2 Å². The second-order valence-electron chi connectivity index (χ2n) is 4.89. The van der Waals surface area contributed by atoms with E-state index >= 15 is 0 Å². The minimum atomic E-state index is 0.635. The van der Waals surface area contributed by atoms with Crippen molar-refractivity contribution in [2.24, 2.45) is 5.73 Å². The number of fused-ring (bicyclic) bond motifs is 1. The van der Waals surface area contributed by atoms with Gasteiger partial charge in [0.25, 0.3) is 0 Å². The van der Waals surface area contributed by atoms with Crippen molar-refractivity contribution in [2.75, 3.05) is 52.5 Å². The third kappa shape index (κ3) is 3.42. The summed E-state index contributed by atoms with van der Waals surface area (Å²) in [5.41, 5.74) is 5.40. The van der Waals surface area contributed by atoms with Gasteiger partial charge in [0.05, 0.1) is 13.2 Å². The lowest BCUT2D eigenvalue weighted by molar-refractivity contribution is 0.106. The number of nitrogens with zero attached hydrogens (tertiary/aromatic N) is 2. The molecule has 0 amide bonds. The number of ether oxygens (including phenoxy) is 1. The first-order valence-electron chi connectivity index (χ1n) is 6.64. The molecule has 0 aliphatic carbocycles. The maximum atomic E-state index is 5.46. The van der Waals surface area contributed by atoms with E-state index in [0.29, 0.717) is 13.2 Å². The van der Waals surface area contributed by atoms with Crippen molar-refractivity contribution in [3.63, 3.8) is 0 Å². The first-order valence-corrected chi connectivity index (χ1v) is 6.64. The Balaban J connectivity index is 1.69. The zero-order valence-electron chi connectivity index (χ0n) is 10.2. The lowest BCUT2D eigenvalue weighted by Crippen LogP contribution is -2.38. The molecule has 2 N–H and O–H groups in total. The van der Waals surface area contributed by atoms with Gasteiger partial charge >= 0.3 is 0 Å². The molecule has 94 valence electrons. The van der Waals surface area contributed by atoms with Gasteiger partial charge in [-0.05, 0) is 38.9 Å². The van der Waals surface area contributed by atoms with E-state index in [1.807, 2.05) is 0 Å². The molecule has 16 heavy (non-hydrogen) atoms. The Morgan fingerprint density at radius 1 is 1.12 bits per heavy atom. The quantitative estimate of drug-likeness (QED) is 0.678. The topological polar surface area (TPSA) is 41.7 Å². The van der Waals surface area contributed by atoms with Crippen molar-refractivity contribution in [1.82, 2.24) is 9.80 Å². The highest BCUT2D eigenvalue weighted by molar-refractivity contribution is 4.84. The van der Waals surface area contributed by atoms with Crippen LogP contribution < -0.4 is 5.73 Å². The monoisotopic (exact) mass is 227 g/mol. The van der Waals surface area contributed by atoms with Crippen molar-refractivity contribution < 1.29 is 4.74 Å². The van der Waals surface area contributed by atoms with Gasteiger partial charge in [-0.15, -0.1) is 0 Å². The SMILES string of the molecule is NCCOCCN1CCCN2CCCC2C1. The molecular formula is C12H25N3O. The smallest absolute Gasteiger partial charge is 0.0594 e. The summed E-state index contributed by atoms with van der Waals surface area (Å²) in [6.07, 6.45) is 4.09. The highest BCUT2D eigenvalue weighted by Crippen LogP contribution is 2.20. The molecule has 2 aliphatic heterocycles. The van der Waals surface area contributed by atoms with E-state index < -0.39 is 0 Å². The van der Waals surface area contributed by atoms with Crippen LogP contribution in [-0.4, -0.2) is 68.3 Å². The van der Waals surface area contributed by atoms with E-state index in [2.05, 4.69) is 9.80 Å². The fourth-order valence-electron chi connectivity index (χ4n) is 2.87. The molecule has 0 radical (unpaired) electrons. The second kappa shape index (κ2) is 6.55. The normalized spacial score (nSPS) is 27.9. The predicted molar refractivity (Wildman–Crippen MR) is 65.5 cm³/mol. The summed E-state index contributed by atoms with van der Waals surface area (Å²) in [7, 11) is 0. The van der Waals surface area contributed by atoms with Gasteiger partial charge in [-0.2, -0.15) is 0 Å². The van der Waals surface area contributed by atoms with E-state index in [9.17, 15) is 0 Å². The first kappa shape index (κ1) is 12.3. The molecule has 0 aromatic rings. The summed E-state index contributed by atoms with van der Waals surface area (Å²) in [4.78, 5) is 5.23. The molecule has 2 saturated heterocycles. The third-order valence-corrected chi connectivity index (χ3v) is 3.70. The number of nitrogens with two attached hydrogens (primary N) is 1. The standard InChI is InChI=1S/C12H25N3O/c13-4-9-16-10-8-14-5-2-7-15-6-1-3-12(15)11-14/h12H,1-11,13H2. The molecule has 1 atom stereocenters. The number of hydrogen-bond donors (Lipinski definition) is 1. The van der Waals surface area contributed by atoms with E-state index in [4.69, 9.17) is 10.5 Å². The van der Waals surface area contributed by atoms with Gasteiger partial charge in [0.2, 0.25) is 0 Å². The summed E-state index contributed by atoms with van der Waals surface area (Å²) in [5.74, 6) is 0. The van der Waals surface area contributed by atoms with Crippen molar-refractivity contribution in [1.29, 1.82) is 0 Å². The van der Waals surface area contributed by atoms with Gasteiger partial charge < -0.3 is 10.5 Å². The van der Waals surface area contributed by atoms with Crippen molar-refractivity contribution >= 4 is 0 Å². The minimum absolute atomic E-state index is 0.635. The first-order chi connectivity index (χ1) is 7.90. The van der Waals surface area contributed by atoms with Gasteiger partial charge in [0.1, 0.15) is 0 Å². The Morgan fingerprint density at radius 2 is 2.00 bits per heavy atom. The van der Waals surface area contributed by atoms with Crippen LogP contribution in [0.1, 0.15) is 19.3 Å². The van der Waals surface area contributed by atoms with Gasteiger partial charge in [-0.1, -0.05) is 0 Å². The molecule has 2 aliphatic rings. The van der Waals surface area contributed by atoms with Gasteiger partial charge in [-0.25, -0.2) is 0 Å². The largest absolute Gasteiger partial charge is 0.379 e. The molecule has 4 nitrogen and oxygen atoms in total. The Labute approximate surface area is 98.7 Å². The third-order valence-electron chi connectivity index (χ3n) is 3.70. The molecule has 2 heterocycles. The highest BCUT2D eigenvalue weighted by atomic mass is 16.5. The molecule has 1 unspecified atom stereocenters. The molecule has 0 aromatic carbocycles. The van der Waals surface area contributed by atoms with Crippen LogP contribution in [0, 0.1) is 0 Å². The predicted octanol–water partition coefficient (Wildman–Crippen LogP) is 0.132. The van der Waals surface area contributed by atoms with Crippen LogP contribution in [0.25, 0.3) is 0 Å². The zero-order chi connectivity index (χ0) is 11.2. The molecule has 2 rings (SSSR count). The van der Waals surface area contributed by atoms with Gasteiger partial charge in [0.15, 0.2) is 0 Å². The van der Waals surface area contributed by atoms with Crippen LogP contribution in [0.5, 0.6) is 0 Å². The summed E-state index contributed by atoms with van der Waals surface area (Å²) >= 11 is 0. The van der Waals surface area contributed by atoms with Crippen LogP contribution in [0.4, 0.5) is 0 Å². The minimum Gasteiger partial charge on any atom is -0.379 e. The van der Waals surface area contributed by atoms with Crippen molar-refractivity contribution in [3.05, 3.63) is 0 Å². The van der Waals surface area contributed by atoms with Gasteiger partial charge in [0, 0.05) is 25.7 Å². The van der Waals surface area contributed by atoms with Crippen LogP contribution in [0.2, 0.25) is 0 Å². The van der Waals surface area contributed by atoms with E-state index in [1.165, 1.54) is 45.4 Å². The van der Waals surface area contributed by atoms with Gasteiger partial charge in [-0.3, -0.25) is 9.80 Å². The molecule has 0 bridgehead atoms. The van der Waals surface area contributed by atoms with Crippen LogP contribution in [0.15, 0.2) is 0 Å². The Kier molecular flexibility index (Phi) is 5.03. The zero-order valence-corrected chi connectivity index (χ0v) is 10.2. The Hall–Kier alpha value is -0.160. The lowest BCUT2D eigenvalue weighted by Gasteiger charge is -2.25. The molecular weight excluding hydrogens is 202 g/mol. The average molecular weight is 227 g/mol. The maximum Gasteiger partial charge on any atom is 0.0594 e. The van der Waals surface area contributed by atoms with E-state index in [-0.39, 0.29) is 0 Å². The fraction of sp³-hybridized carbons (Fsp3) is 1.00. The molecule has 2 fully saturated rings. The molecule has 0 aromatic heterocycles. The number of hydrogen-bond acceptors (Lipinski definition) is 4. The molecule has 0 spiro atoms. The number of rotatable bonds is 5. The van der Waals surface area contributed by atoms with Crippen LogP contribution in [0.3, 0.4) is 0 Å². The van der Waals surface area contributed by atoms with E-state index in [1.54, 1.807) is 0 Å². The molecule has 0 saturated carbocycles. The fourth-order valence-corrected chi connectivity index (χ4v) is 2.87. The summed E-state index contributed by atoms with van der Waals surface area (Å²) in [5, 5.41) is 0. The van der Waals surface area contributed by atoms with Crippen LogP contribution >= 0.6 is 0 Å². The summed E-state index contributed by atoms with van der Waals surface area (Å²) in [6, 6.07) is 0.817. The van der Waals surface area contributed by atoms with Crippen LogP contribution in [-0.2, 0) is 4.74 Å². The average Bonchev–Trinajstić information content (AvgIpc) is 2.63. The summed E-state index contributed by atoms with van der Waals surface area (Å²) in [6.45, 7) is 8.34. The van der Waals surface area contributed by atoms with Crippen molar-refractivity contribution in [3.8, 4) is 0 Å². The lowest BCUT2D eigenvalue weighted by atomic mass is 10.2. The highest BCUT2D eigenvalue weighted by Gasteiger charge is 2.28. The second-order valence-corrected chi connectivity index (χ2v) is 4.89. The summed E-state index contributed by atoms with van der Waals surface area (Å²) < 4.78 is 5.46. The Bertz CT molecular complexity index is 201.